The van der Waals surface area contributed by atoms with E-state index in [2.05, 4.69) is 27.7 Å². The molecule has 0 spiro atoms. The Balaban J connectivity index is 2.72. The minimum atomic E-state index is 1.26. The monoisotopic (exact) mass is 177 g/mol. The predicted molar refractivity (Wildman–Crippen MR) is 38.4 cm³/mol. The van der Waals surface area contributed by atoms with Crippen LogP contribution in [0.1, 0.15) is 0 Å². The van der Waals surface area contributed by atoms with Gasteiger partial charge in [-0.25, -0.2) is 0 Å². The van der Waals surface area contributed by atoms with Gasteiger partial charge >= 0.3 is 66.8 Å². The Hall–Kier alpha value is -0.0405. The van der Waals surface area contributed by atoms with Gasteiger partial charge in [0.25, 0.3) is 0 Å². The minimum absolute atomic E-state index is 1.26. The van der Waals surface area contributed by atoms with Crippen LogP contribution < -0.4 is 0 Å². The Labute approximate surface area is 67.0 Å². The molecule has 0 bridgehead atoms. The van der Waals surface area contributed by atoms with Gasteiger partial charge in [0.2, 0.25) is 0 Å². The van der Waals surface area contributed by atoms with E-state index in [1.807, 2.05) is 22.5 Å². The maximum atomic E-state index is 3.22. The molecule has 0 radical (unpaired) electrons. The van der Waals surface area contributed by atoms with Crippen molar-refractivity contribution in [1.82, 2.24) is 0 Å². The first-order valence-corrected chi connectivity index (χ1v) is 4.13. The molecule has 47 valence electrons. The Morgan fingerprint density at radius 1 is 1.22 bits per heavy atom. The molecule has 9 heavy (non-hydrogen) atoms. The Kier molecular flexibility index (Phi) is 3.05. The molecular weight excluding hydrogens is 171 g/mol. The molecule has 0 unspecified atom stereocenters. The van der Waals surface area contributed by atoms with E-state index in [0.717, 1.165) is 0 Å². The average Bonchev–Trinajstić information content (AvgIpc) is 1.91. The molecule has 1 rings (SSSR count). The molecule has 0 aliphatic carbocycles. The van der Waals surface area contributed by atoms with Crippen molar-refractivity contribution < 1.29 is 15.6 Å². The molecule has 0 saturated carbocycles. The molecule has 1 aromatic rings. The van der Waals surface area contributed by atoms with E-state index >= 15 is 0 Å². The molecule has 0 N–H and O–H groups in total. The number of hydrogen-bond acceptors (Lipinski definition) is 1. The SMILES string of the molecule is [Mn]=[CH]Sc1ccccc1. The molecule has 0 saturated heterocycles. The summed E-state index contributed by atoms with van der Waals surface area (Å²) in [5, 5.41) is 0. The van der Waals surface area contributed by atoms with Crippen molar-refractivity contribution >= 4 is 16.0 Å². The molecule has 0 fully saturated rings. The molecule has 0 nitrogen and oxygen atoms in total. The van der Waals surface area contributed by atoms with Crippen molar-refractivity contribution in [3.05, 3.63) is 30.3 Å². The zero-order chi connectivity index (χ0) is 6.53. The zero-order valence-electron chi connectivity index (χ0n) is 4.75. The van der Waals surface area contributed by atoms with Crippen LogP contribution in [-0.4, -0.2) is 4.25 Å². The Morgan fingerprint density at radius 2 is 1.89 bits per heavy atom. The van der Waals surface area contributed by atoms with E-state index < -0.39 is 0 Å². The summed E-state index contributed by atoms with van der Waals surface area (Å²) in [5.74, 6) is 0. The summed E-state index contributed by atoms with van der Waals surface area (Å²) in [6.07, 6.45) is 0. The van der Waals surface area contributed by atoms with Gasteiger partial charge < -0.3 is 0 Å². The number of benzene rings is 1. The molecular formula is C7H6MnS. The summed E-state index contributed by atoms with van der Waals surface area (Å²) in [6.45, 7) is 0. The first kappa shape index (κ1) is 7.07. The van der Waals surface area contributed by atoms with Gasteiger partial charge in [-0.05, 0) is 0 Å². The zero-order valence-corrected chi connectivity index (χ0v) is 6.75. The third-order valence-corrected chi connectivity index (χ3v) is 1.97. The van der Waals surface area contributed by atoms with Crippen molar-refractivity contribution in [3.63, 3.8) is 0 Å². The molecule has 1 aromatic carbocycles. The molecule has 0 aliphatic heterocycles. The fourth-order valence-corrected chi connectivity index (χ4v) is 1.45. The van der Waals surface area contributed by atoms with Crippen LogP contribution in [0.2, 0.25) is 0 Å². The second-order valence-electron chi connectivity index (χ2n) is 1.52. The van der Waals surface area contributed by atoms with Gasteiger partial charge in [-0.1, -0.05) is 0 Å². The number of rotatable bonds is 2. The second kappa shape index (κ2) is 3.89. The molecule has 0 amide bonds. The van der Waals surface area contributed by atoms with Crippen molar-refractivity contribution in [1.29, 1.82) is 0 Å². The van der Waals surface area contributed by atoms with Crippen LogP contribution in [-0.2, 0) is 15.6 Å². The first-order chi connectivity index (χ1) is 4.43. The van der Waals surface area contributed by atoms with Gasteiger partial charge in [-0.15, -0.1) is 0 Å². The van der Waals surface area contributed by atoms with Gasteiger partial charge in [0.05, 0.1) is 0 Å². The Morgan fingerprint density at radius 3 is 2.44 bits per heavy atom. The second-order valence-corrected chi connectivity index (χ2v) is 3.24. The van der Waals surface area contributed by atoms with E-state index in [4.69, 9.17) is 0 Å². The van der Waals surface area contributed by atoms with E-state index in [0.29, 0.717) is 0 Å². The summed E-state index contributed by atoms with van der Waals surface area (Å²) in [5.41, 5.74) is 0. The van der Waals surface area contributed by atoms with Crippen molar-refractivity contribution in [2.45, 2.75) is 4.90 Å². The van der Waals surface area contributed by atoms with Crippen LogP contribution in [0.3, 0.4) is 0 Å². The molecule has 0 heterocycles. The average molecular weight is 177 g/mol. The van der Waals surface area contributed by atoms with Crippen LogP contribution in [0.25, 0.3) is 0 Å². The fraction of sp³-hybridized carbons (Fsp3) is 0. The molecule has 2 heteroatoms. The molecule has 0 aliphatic rings. The molecule has 0 aromatic heterocycles. The summed E-state index contributed by atoms with van der Waals surface area (Å²) in [4.78, 5) is 1.26. The van der Waals surface area contributed by atoms with Crippen LogP contribution in [0.5, 0.6) is 0 Å². The third-order valence-electron chi connectivity index (χ3n) is 0.924. The third kappa shape index (κ3) is 2.35. The summed E-state index contributed by atoms with van der Waals surface area (Å²) in [6, 6.07) is 10.2. The van der Waals surface area contributed by atoms with Gasteiger partial charge in [-0.3, -0.25) is 0 Å². The predicted octanol–water partition coefficient (Wildman–Crippen LogP) is 2.09. The first-order valence-electron chi connectivity index (χ1n) is 2.57. The van der Waals surface area contributed by atoms with Gasteiger partial charge in [0.15, 0.2) is 0 Å². The van der Waals surface area contributed by atoms with Gasteiger partial charge in [0, 0.05) is 0 Å². The van der Waals surface area contributed by atoms with Gasteiger partial charge in [-0.2, -0.15) is 0 Å². The normalized spacial score (nSPS) is 8.89. The summed E-state index contributed by atoms with van der Waals surface area (Å²) in [7, 11) is 0. The van der Waals surface area contributed by atoms with E-state index in [1.165, 1.54) is 4.90 Å². The van der Waals surface area contributed by atoms with Crippen LogP contribution in [0, 0.1) is 0 Å². The summed E-state index contributed by atoms with van der Waals surface area (Å²) < 4.78 is 1.89. The van der Waals surface area contributed by atoms with Crippen molar-refractivity contribution in [3.8, 4) is 0 Å². The number of thioether (sulfide) groups is 1. The van der Waals surface area contributed by atoms with Crippen LogP contribution in [0.4, 0.5) is 0 Å². The topological polar surface area (TPSA) is 0 Å². The molecule has 0 atom stereocenters. The maximum absolute atomic E-state index is 3.22. The van der Waals surface area contributed by atoms with Crippen LogP contribution >= 0.6 is 11.8 Å². The number of hydrogen-bond donors (Lipinski definition) is 0. The van der Waals surface area contributed by atoms with E-state index in [-0.39, 0.29) is 0 Å². The van der Waals surface area contributed by atoms with Gasteiger partial charge in [0.1, 0.15) is 0 Å². The Bertz CT molecular complexity index is 183. The van der Waals surface area contributed by atoms with E-state index in [9.17, 15) is 0 Å². The standard InChI is InChI=1S/C7H6S.Mn/c1-8-7-5-3-2-4-6-7;/h1-6H;. The fourth-order valence-electron chi connectivity index (χ4n) is 0.550. The van der Waals surface area contributed by atoms with E-state index in [1.54, 1.807) is 11.8 Å². The van der Waals surface area contributed by atoms with Crippen molar-refractivity contribution in [2.24, 2.45) is 0 Å². The summed E-state index contributed by atoms with van der Waals surface area (Å²) >= 11 is 4.89. The van der Waals surface area contributed by atoms with Crippen LogP contribution in [0.15, 0.2) is 35.2 Å². The van der Waals surface area contributed by atoms with Crippen molar-refractivity contribution in [2.75, 3.05) is 0 Å². The quantitative estimate of drug-likeness (QED) is 0.492.